The summed E-state index contributed by atoms with van der Waals surface area (Å²) in [5.41, 5.74) is 0.0912. The molecule has 0 saturated carbocycles. The van der Waals surface area contributed by atoms with E-state index in [1.54, 1.807) is 11.0 Å². The first-order valence-corrected chi connectivity index (χ1v) is 10.6. The number of carbonyl (C=O) groups is 2. The summed E-state index contributed by atoms with van der Waals surface area (Å²) in [5, 5.41) is 5.25. The van der Waals surface area contributed by atoms with Crippen LogP contribution < -0.4 is 10.2 Å². The van der Waals surface area contributed by atoms with Gasteiger partial charge < -0.3 is 10.1 Å². The van der Waals surface area contributed by atoms with E-state index in [2.05, 4.69) is 5.32 Å². The minimum Gasteiger partial charge on any atom is -0.458 e. The first kappa shape index (κ1) is 20.6. The van der Waals surface area contributed by atoms with Crippen LogP contribution in [0.2, 0.25) is 0 Å². The number of rotatable bonds is 5. The molecule has 6 heteroatoms. The molecular weight excluding hydrogens is 372 g/mol. The van der Waals surface area contributed by atoms with Crippen LogP contribution in [0, 0.1) is 5.92 Å². The summed E-state index contributed by atoms with van der Waals surface area (Å²) >= 11 is 1.38. The zero-order chi connectivity index (χ0) is 20.1. The number of para-hydroxylation sites is 1. The summed E-state index contributed by atoms with van der Waals surface area (Å²) in [7, 11) is 0. The maximum atomic E-state index is 13.5. The number of thiophene rings is 1. The fraction of sp³-hybridized carbons (Fsp3) is 0.455. The second-order valence-electron chi connectivity index (χ2n) is 8.07. The lowest BCUT2D eigenvalue weighted by molar-refractivity contribution is -0.158. The van der Waals surface area contributed by atoms with Crippen LogP contribution >= 0.6 is 11.3 Å². The van der Waals surface area contributed by atoms with Gasteiger partial charge in [-0.2, -0.15) is 0 Å². The van der Waals surface area contributed by atoms with Crippen molar-refractivity contribution in [1.29, 1.82) is 0 Å². The smallest absolute Gasteiger partial charge is 0.330 e. The Balaban J connectivity index is 2.04. The van der Waals surface area contributed by atoms with Crippen molar-refractivity contribution >= 4 is 28.9 Å². The number of nitrogens with zero attached hydrogens (tertiary/aromatic N) is 1. The molecule has 2 unspecified atom stereocenters. The lowest BCUT2D eigenvalue weighted by atomic mass is 9.89. The van der Waals surface area contributed by atoms with E-state index in [-0.39, 0.29) is 17.8 Å². The third-order valence-electron chi connectivity index (χ3n) is 4.69. The SMILES string of the molecule is CC(C)(C)OC(=O)C(C1CCCNC1)N(C(=O)c1cccs1)c1ccccc1. The Morgan fingerprint density at radius 3 is 2.50 bits per heavy atom. The Morgan fingerprint density at radius 2 is 1.93 bits per heavy atom. The van der Waals surface area contributed by atoms with Gasteiger partial charge in [-0.05, 0) is 63.7 Å². The molecule has 1 aliphatic heterocycles. The second-order valence-corrected chi connectivity index (χ2v) is 9.02. The molecule has 5 nitrogen and oxygen atoms in total. The molecule has 1 aromatic heterocycles. The van der Waals surface area contributed by atoms with Crippen molar-refractivity contribution in [3.05, 3.63) is 52.7 Å². The highest BCUT2D eigenvalue weighted by atomic mass is 32.1. The Hall–Kier alpha value is -2.18. The molecule has 2 heterocycles. The summed E-state index contributed by atoms with van der Waals surface area (Å²) in [5.74, 6) is -0.523. The van der Waals surface area contributed by atoms with Crippen LogP contribution in [-0.2, 0) is 9.53 Å². The summed E-state index contributed by atoms with van der Waals surface area (Å²) in [6, 6.07) is 12.4. The fourth-order valence-electron chi connectivity index (χ4n) is 3.53. The van der Waals surface area contributed by atoms with Crippen LogP contribution in [0.1, 0.15) is 43.3 Å². The van der Waals surface area contributed by atoms with E-state index in [0.717, 1.165) is 19.4 Å². The third-order valence-corrected chi connectivity index (χ3v) is 5.55. The van der Waals surface area contributed by atoms with Gasteiger partial charge in [0.05, 0.1) is 4.88 Å². The van der Waals surface area contributed by atoms with Crippen molar-refractivity contribution in [2.75, 3.05) is 18.0 Å². The number of benzene rings is 1. The van der Waals surface area contributed by atoms with Gasteiger partial charge in [-0.3, -0.25) is 9.69 Å². The summed E-state index contributed by atoms with van der Waals surface area (Å²) in [4.78, 5) is 29.0. The zero-order valence-corrected chi connectivity index (χ0v) is 17.5. The van der Waals surface area contributed by atoms with Gasteiger partial charge in [0.1, 0.15) is 11.6 Å². The predicted molar refractivity (Wildman–Crippen MR) is 113 cm³/mol. The van der Waals surface area contributed by atoms with Crippen LogP contribution in [0.25, 0.3) is 0 Å². The maximum Gasteiger partial charge on any atom is 0.330 e. The summed E-state index contributed by atoms with van der Waals surface area (Å²) < 4.78 is 5.77. The molecule has 2 aromatic rings. The van der Waals surface area contributed by atoms with Gasteiger partial charge in [-0.1, -0.05) is 24.3 Å². The van der Waals surface area contributed by atoms with Gasteiger partial charge in [0, 0.05) is 18.2 Å². The largest absolute Gasteiger partial charge is 0.458 e. The van der Waals surface area contributed by atoms with Gasteiger partial charge in [-0.15, -0.1) is 11.3 Å². The van der Waals surface area contributed by atoms with E-state index in [9.17, 15) is 9.59 Å². The number of nitrogens with one attached hydrogen (secondary N) is 1. The van der Waals surface area contributed by atoms with E-state index >= 15 is 0 Å². The van der Waals surface area contributed by atoms with E-state index in [1.807, 2.05) is 62.5 Å². The van der Waals surface area contributed by atoms with E-state index in [0.29, 0.717) is 17.1 Å². The van der Waals surface area contributed by atoms with Crippen molar-refractivity contribution in [2.24, 2.45) is 5.92 Å². The second kappa shape index (κ2) is 8.88. The Labute approximate surface area is 170 Å². The molecule has 2 atom stereocenters. The molecule has 3 rings (SSSR count). The molecule has 28 heavy (non-hydrogen) atoms. The number of amides is 1. The number of hydrogen-bond donors (Lipinski definition) is 1. The number of carbonyl (C=O) groups excluding carboxylic acids is 2. The van der Waals surface area contributed by atoms with Crippen molar-refractivity contribution in [3.8, 4) is 0 Å². The molecule has 1 N–H and O–H groups in total. The monoisotopic (exact) mass is 400 g/mol. The Bertz CT molecular complexity index is 778. The average molecular weight is 401 g/mol. The van der Waals surface area contributed by atoms with Crippen molar-refractivity contribution in [1.82, 2.24) is 5.32 Å². The Morgan fingerprint density at radius 1 is 1.18 bits per heavy atom. The van der Waals surface area contributed by atoms with Crippen LogP contribution in [0.4, 0.5) is 5.69 Å². The molecule has 1 aliphatic rings. The van der Waals surface area contributed by atoms with Gasteiger partial charge in [0.25, 0.3) is 5.91 Å². The Kier molecular flexibility index (Phi) is 6.52. The van der Waals surface area contributed by atoms with Crippen LogP contribution in [0.3, 0.4) is 0 Å². The van der Waals surface area contributed by atoms with E-state index < -0.39 is 11.6 Å². The van der Waals surface area contributed by atoms with Crippen LogP contribution in [0.15, 0.2) is 47.8 Å². The maximum absolute atomic E-state index is 13.5. The summed E-state index contributed by atoms with van der Waals surface area (Å²) in [6.45, 7) is 7.19. The van der Waals surface area contributed by atoms with Crippen LogP contribution in [0.5, 0.6) is 0 Å². The highest BCUT2D eigenvalue weighted by Gasteiger charge is 2.41. The minimum absolute atomic E-state index is 0.00674. The van der Waals surface area contributed by atoms with Gasteiger partial charge in [0.2, 0.25) is 0 Å². The number of esters is 1. The number of hydrogen-bond acceptors (Lipinski definition) is 5. The molecule has 1 aromatic carbocycles. The minimum atomic E-state index is -0.677. The molecule has 0 bridgehead atoms. The zero-order valence-electron chi connectivity index (χ0n) is 16.7. The molecular formula is C22H28N2O3S. The lowest BCUT2D eigenvalue weighted by Crippen LogP contribution is -2.54. The average Bonchev–Trinajstić information content (AvgIpc) is 3.20. The molecule has 0 spiro atoms. The normalized spacial score (nSPS) is 18.3. The third kappa shape index (κ3) is 5.00. The molecule has 1 saturated heterocycles. The van der Waals surface area contributed by atoms with E-state index in [1.165, 1.54) is 11.3 Å². The fourth-order valence-corrected chi connectivity index (χ4v) is 4.19. The quantitative estimate of drug-likeness (QED) is 0.768. The van der Waals surface area contributed by atoms with Crippen molar-refractivity contribution in [2.45, 2.75) is 45.3 Å². The standard InChI is InChI=1S/C22H28N2O3S/c1-22(2,3)27-21(26)19(16-9-7-13-23-15-16)24(17-10-5-4-6-11-17)20(25)18-12-8-14-28-18/h4-6,8,10-12,14,16,19,23H,7,9,13,15H2,1-3H3. The molecule has 150 valence electrons. The first-order chi connectivity index (χ1) is 13.4. The highest BCUT2D eigenvalue weighted by Crippen LogP contribution is 2.29. The molecule has 1 fully saturated rings. The lowest BCUT2D eigenvalue weighted by Gasteiger charge is -2.38. The topological polar surface area (TPSA) is 58.6 Å². The van der Waals surface area contributed by atoms with Gasteiger partial charge in [0.15, 0.2) is 0 Å². The van der Waals surface area contributed by atoms with Crippen molar-refractivity contribution in [3.63, 3.8) is 0 Å². The highest BCUT2D eigenvalue weighted by molar-refractivity contribution is 7.12. The van der Waals surface area contributed by atoms with E-state index in [4.69, 9.17) is 4.74 Å². The summed E-state index contributed by atoms with van der Waals surface area (Å²) in [6.07, 6.45) is 1.84. The predicted octanol–water partition coefficient (Wildman–Crippen LogP) is 4.10. The van der Waals surface area contributed by atoms with Crippen LogP contribution in [-0.4, -0.2) is 36.6 Å². The number of piperidine rings is 1. The molecule has 0 aliphatic carbocycles. The number of anilines is 1. The molecule has 1 amide bonds. The van der Waals surface area contributed by atoms with Crippen molar-refractivity contribution < 1.29 is 14.3 Å². The number of ether oxygens (including phenoxy) is 1. The first-order valence-electron chi connectivity index (χ1n) is 9.72. The van der Waals surface area contributed by atoms with Gasteiger partial charge in [-0.25, -0.2) is 4.79 Å². The van der Waals surface area contributed by atoms with Gasteiger partial charge >= 0.3 is 5.97 Å². The molecule has 0 radical (unpaired) electrons.